The molecule has 2 saturated heterocycles. The van der Waals surface area contributed by atoms with Crippen LogP contribution in [0, 0.1) is 5.92 Å². The van der Waals surface area contributed by atoms with Gasteiger partial charge in [0, 0.05) is 32.7 Å². The SMILES string of the molecule is O=C(O)C1CCN(C(=O)N2CCCNCC2)CC1. The van der Waals surface area contributed by atoms with E-state index < -0.39 is 5.97 Å². The van der Waals surface area contributed by atoms with Gasteiger partial charge in [0.15, 0.2) is 0 Å². The van der Waals surface area contributed by atoms with Crippen molar-refractivity contribution in [1.29, 1.82) is 0 Å². The van der Waals surface area contributed by atoms with Gasteiger partial charge in [-0.15, -0.1) is 0 Å². The lowest BCUT2D eigenvalue weighted by Gasteiger charge is -2.34. The summed E-state index contributed by atoms with van der Waals surface area (Å²) < 4.78 is 0. The van der Waals surface area contributed by atoms with E-state index in [-0.39, 0.29) is 11.9 Å². The second-order valence-corrected chi connectivity index (χ2v) is 4.97. The molecule has 2 amide bonds. The molecule has 0 aliphatic carbocycles. The number of urea groups is 1. The quantitative estimate of drug-likeness (QED) is 0.702. The maximum absolute atomic E-state index is 12.3. The first-order valence-electron chi connectivity index (χ1n) is 6.66. The number of carboxylic acid groups (broad SMARTS) is 1. The molecule has 18 heavy (non-hydrogen) atoms. The molecular formula is C12H21N3O3. The van der Waals surface area contributed by atoms with Crippen LogP contribution >= 0.6 is 0 Å². The Balaban J connectivity index is 1.84. The van der Waals surface area contributed by atoms with Crippen LogP contribution in [0.1, 0.15) is 19.3 Å². The molecule has 2 fully saturated rings. The fourth-order valence-corrected chi connectivity index (χ4v) is 2.55. The third-order valence-corrected chi connectivity index (χ3v) is 3.73. The number of likely N-dealkylation sites (tertiary alicyclic amines) is 1. The summed E-state index contributed by atoms with van der Waals surface area (Å²) in [5, 5.41) is 12.2. The normalized spacial score (nSPS) is 22.7. The summed E-state index contributed by atoms with van der Waals surface area (Å²) in [5.74, 6) is -1.01. The lowest BCUT2D eigenvalue weighted by Crippen LogP contribution is -2.48. The standard InChI is InChI=1S/C12H21N3O3/c16-11(17)10-2-7-15(8-3-10)12(18)14-6-1-4-13-5-9-14/h10,13H,1-9H2,(H,16,17). The van der Waals surface area contributed by atoms with Crippen molar-refractivity contribution in [2.24, 2.45) is 5.92 Å². The number of aliphatic carboxylic acids is 1. The minimum atomic E-state index is -0.735. The van der Waals surface area contributed by atoms with E-state index in [1.807, 2.05) is 4.90 Å². The summed E-state index contributed by atoms with van der Waals surface area (Å²) in [6, 6.07) is 0.0718. The van der Waals surface area contributed by atoms with E-state index >= 15 is 0 Å². The fraction of sp³-hybridized carbons (Fsp3) is 0.833. The predicted molar refractivity (Wildman–Crippen MR) is 66.4 cm³/mol. The zero-order valence-corrected chi connectivity index (χ0v) is 10.6. The zero-order valence-electron chi connectivity index (χ0n) is 10.6. The van der Waals surface area contributed by atoms with Crippen molar-refractivity contribution in [1.82, 2.24) is 15.1 Å². The van der Waals surface area contributed by atoms with Gasteiger partial charge >= 0.3 is 12.0 Å². The summed E-state index contributed by atoms with van der Waals surface area (Å²) in [7, 11) is 0. The third kappa shape index (κ3) is 3.13. The first-order valence-corrected chi connectivity index (χ1v) is 6.66. The second kappa shape index (κ2) is 6.04. The molecule has 0 unspecified atom stereocenters. The van der Waals surface area contributed by atoms with Gasteiger partial charge < -0.3 is 20.2 Å². The van der Waals surface area contributed by atoms with E-state index in [1.54, 1.807) is 4.90 Å². The van der Waals surface area contributed by atoms with Crippen LogP contribution in [-0.4, -0.2) is 66.2 Å². The highest BCUT2D eigenvalue weighted by atomic mass is 16.4. The average molecular weight is 255 g/mol. The van der Waals surface area contributed by atoms with Crippen LogP contribution in [0.15, 0.2) is 0 Å². The van der Waals surface area contributed by atoms with Crippen molar-refractivity contribution in [2.75, 3.05) is 39.3 Å². The van der Waals surface area contributed by atoms with E-state index in [0.29, 0.717) is 25.9 Å². The topological polar surface area (TPSA) is 72.9 Å². The molecule has 6 nitrogen and oxygen atoms in total. The molecule has 0 aromatic rings. The largest absolute Gasteiger partial charge is 0.481 e. The maximum Gasteiger partial charge on any atom is 0.320 e. The maximum atomic E-state index is 12.3. The molecule has 2 N–H and O–H groups in total. The Kier molecular flexibility index (Phi) is 4.41. The lowest BCUT2D eigenvalue weighted by atomic mass is 9.97. The molecule has 6 heteroatoms. The molecule has 0 saturated carbocycles. The number of carbonyl (C=O) groups excluding carboxylic acids is 1. The van der Waals surface area contributed by atoms with Gasteiger partial charge in [0.05, 0.1) is 5.92 Å². The number of nitrogens with zero attached hydrogens (tertiary/aromatic N) is 2. The molecule has 2 rings (SSSR count). The number of hydrogen-bond acceptors (Lipinski definition) is 3. The van der Waals surface area contributed by atoms with E-state index in [4.69, 9.17) is 5.11 Å². The molecule has 0 atom stereocenters. The Morgan fingerprint density at radius 2 is 1.67 bits per heavy atom. The molecule has 2 aliphatic heterocycles. The Bertz CT molecular complexity index is 306. The zero-order chi connectivity index (χ0) is 13.0. The highest BCUT2D eigenvalue weighted by Gasteiger charge is 2.29. The molecule has 0 aromatic carbocycles. The van der Waals surface area contributed by atoms with Crippen LogP contribution < -0.4 is 5.32 Å². The highest BCUT2D eigenvalue weighted by molar-refractivity contribution is 5.75. The number of carboxylic acids is 1. The fourth-order valence-electron chi connectivity index (χ4n) is 2.55. The molecule has 2 aliphatic rings. The Morgan fingerprint density at radius 3 is 2.33 bits per heavy atom. The van der Waals surface area contributed by atoms with Gasteiger partial charge in [0.25, 0.3) is 0 Å². The van der Waals surface area contributed by atoms with Crippen molar-refractivity contribution >= 4 is 12.0 Å². The molecule has 102 valence electrons. The first kappa shape index (κ1) is 13.1. The predicted octanol–water partition coefficient (Wildman–Crippen LogP) is 0.198. The van der Waals surface area contributed by atoms with Gasteiger partial charge in [-0.1, -0.05) is 0 Å². The van der Waals surface area contributed by atoms with Crippen LogP contribution in [0.4, 0.5) is 4.79 Å². The van der Waals surface area contributed by atoms with E-state index in [2.05, 4.69) is 5.32 Å². The van der Waals surface area contributed by atoms with Crippen LogP contribution in [0.3, 0.4) is 0 Å². The summed E-state index contributed by atoms with van der Waals surface area (Å²) >= 11 is 0. The third-order valence-electron chi connectivity index (χ3n) is 3.73. The number of rotatable bonds is 1. The number of carbonyl (C=O) groups is 2. The van der Waals surface area contributed by atoms with Crippen LogP contribution in [0.2, 0.25) is 0 Å². The Morgan fingerprint density at radius 1 is 1.00 bits per heavy atom. The minimum Gasteiger partial charge on any atom is -0.481 e. The lowest BCUT2D eigenvalue weighted by molar-refractivity contribution is -0.143. The molecule has 2 heterocycles. The van der Waals surface area contributed by atoms with Crippen molar-refractivity contribution in [2.45, 2.75) is 19.3 Å². The van der Waals surface area contributed by atoms with Crippen molar-refractivity contribution in [3.63, 3.8) is 0 Å². The number of piperidine rings is 1. The van der Waals surface area contributed by atoms with Gasteiger partial charge in [-0.3, -0.25) is 4.79 Å². The second-order valence-electron chi connectivity index (χ2n) is 4.97. The van der Waals surface area contributed by atoms with Gasteiger partial charge in [0.1, 0.15) is 0 Å². The number of amides is 2. The van der Waals surface area contributed by atoms with E-state index in [0.717, 1.165) is 32.6 Å². The number of nitrogens with one attached hydrogen (secondary N) is 1. The van der Waals surface area contributed by atoms with Gasteiger partial charge in [0.2, 0.25) is 0 Å². The summed E-state index contributed by atoms with van der Waals surface area (Å²) in [5.41, 5.74) is 0. The molecule has 0 radical (unpaired) electrons. The molecule has 0 spiro atoms. The van der Waals surface area contributed by atoms with Crippen LogP contribution in [0.25, 0.3) is 0 Å². The van der Waals surface area contributed by atoms with E-state index in [1.165, 1.54) is 0 Å². The average Bonchev–Trinajstić information content (AvgIpc) is 2.67. The van der Waals surface area contributed by atoms with Gasteiger partial charge in [-0.2, -0.15) is 0 Å². The molecule has 0 aromatic heterocycles. The highest BCUT2D eigenvalue weighted by Crippen LogP contribution is 2.18. The Hall–Kier alpha value is -1.30. The van der Waals surface area contributed by atoms with Gasteiger partial charge in [-0.05, 0) is 25.8 Å². The smallest absolute Gasteiger partial charge is 0.320 e. The molecular weight excluding hydrogens is 234 g/mol. The molecule has 0 bridgehead atoms. The monoisotopic (exact) mass is 255 g/mol. The van der Waals surface area contributed by atoms with Gasteiger partial charge in [-0.25, -0.2) is 4.79 Å². The first-order chi connectivity index (χ1) is 8.68. The summed E-state index contributed by atoms with van der Waals surface area (Å²) in [6.45, 7) is 4.49. The van der Waals surface area contributed by atoms with E-state index in [9.17, 15) is 9.59 Å². The van der Waals surface area contributed by atoms with Crippen molar-refractivity contribution in [3.8, 4) is 0 Å². The summed E-state index contributed by atoms with van der Waals surface area (Å²) in [6.07, 6.45) is 2.14. The number of hydrogen-bond donors (Lipinski definition) is 2. The summed E-state index contributed by atoms with van der Waals surface area (Å²) in [4.78, 5) is 26.8. The van der Waals surface area contributed by atoms with Crippen LogP contribution in [-0.2, 0) is 4.79 Å². The Labute approximate surface area is 107 Å². The van der Waals surface area contributed by atoms with Crippen molar-refractivity contribution in [3.05, 3.63) is 0 Å². The van der Waals surface area contributed by atoms with Crippen molar-refractivity contribution < 1.29 is 14.7 Å². The minimum absolute atomic E-state index is 0.0718. The van der Waals surface area contributed by atoms with Crippen LogP contribution in [0.5, 0.6) is 0 Å².